The van der Waals surface area contributed by atoms with E-state index in [9.17, 15) is 9.59 Å². The van der Waals surface area contributed by atoms with Crippen LogP contribution < -0.4 is 15.4 Å². The Labute approximate surface area is 219 Å². The summed E-state index contributed by atoms with van der Waals surface area (Å²) in [4.78, 5) is 28.8. The molecular formula is C29H25ClN2O5. The highest BCUT2D eigenvalue weighted by molar-refractivity contribution is 6.30. The molecule has 0 spiro atoms. The molecule has 0 radical (unpaired) electrons. The summed E-state index contributed by atoms with van der Waals surface area (Å²) in [5, 5.41) is 0.541. The van der Waals surface area contributed by atoms with Gasteiger partial charge in [-0.3, -0.25) is 9.69 Å². The summed E-state index contributed by atoms with van der Waals surface area (Å²) in [6.45, 7) is 1.88. The third-order valence-electron chi connectivity index (χ3n) is 6.47. The average molecular weight is 517 g/mol. The number of nitrogens with two attached hydrogens (primary N) is 1. The van der Waals surface area contributed by atoms with Crippen molar-refractivity contribution in [3.8, 4) is 5.75 Å². The number of ether oxygens (including phenoxy) is 3. The minimum atomic E-state index is -0.704. The fourth-order valence-corrected chi connectivity index (χ4v) is 4.99. The van der Waals surface area contributed by atoms with Gasteiger partial charge in [-0.05, 0) is 54.4 Å². The van der Waals surface area contributed by atoms with Gasteiger partial charge in [-0.2, -0.15) is 0 Å². The van der Waals surface area contributed by atoms with Crippen LogP contribution in [0.15, 0.2) is 102 Å². The number of anilines is 1. The molecule has 0 bridgehead atoms. The number of hydrogen-bond acceptors (Lipinski definition) is 6. The number of para-hydroxylation sites is 1. The van der Waals surface area contributed by atoms with E-state index in [2.05, 4.69) is 0 Å². The highest BCUT2D eigenvalue weighted by Gasteiger charge is 2.51. The highest BCUT2D eigenvalue weighted by Crippen LogP contribution is 2.52. The Hall–Kier alpha value is -4.23. The number of rotatable bonds is 6. The van der Waals surface area contributed by atoms with Crippen molar-refractivity contribution in [1.29, 1.82) is 0 Å². The Morgan fingerprint density at radius 1 is 1.00 bits per heavy atom. The third kappa shape index (κ3) is 4.32. The number of benzene rings is 3. The van der Waals surface area contributed by atoms with E-state index in [0.717, 1.165) is 11.1 Å². The first-order chi connectivity index (χ1) is 17.9. The fraction of sp³-hybridized carbons (Fsp3) is 0.172. The van der Waals surface area contributed by atoms with Crippen LogP contribution in [0.1, 0.15) is 30.0 Å². The normalized spacial score (nSPS) is 19.0. The van der Waals surface area contributed by atoms with E-state index in [-0.39, 0.29) is 29.7 Å². The first-order valence-electron chi connectivity index (χ1n) is 11.8. The second-order valence-electron chi connectivity index (χ2n) is 8.56. The van der Waals surface area contributed by atoms with Gasteiger partial charge in [0.2, 0.25) is 5.88 Å². The van der Waals surface area contributed by atoms with Gasteiger partial charge >= 0.3 is 5.97 Å². The number of carbonyl (C=O) groups is 2. The minimum absolute atomic E-state index is 0.0927. The molecule has 2 N–H and O–H groups in total. The highest BCUT2D eigenvalue weighted by atomic mass is 35.5. The van der Waals surface area contributed by atoms with Gasteiger partial charge in [0.1, 0.15) is 11.3 Å². The molecule has 8 heteroatoms. The van der Waals surface area contributed by atoms with Gasteiger partial charge in [0.15, 0.2) is 5.76 Å². The maximum atomic E-state index is 13.9. The molecule has 2 heterocycles. The molecule has 0 saturated carbocycles. The number of nitrogens with zero attached hydrogens (tertiary/aromatic N) is 1. The van der Waals surface area contributed by atoms with Crippen LogP contribution in [0.2, 0.25) is 5.02 Å². The smallest absolute Gasteiger partial charge is 0.340 e. The van der Waals surface area contributed by atoms with Crippen molar-refractivity contribution in [1.82, 2.24) is 0 Å². The molecule has 5 rings (SSSR count). The van der Waals surface area contributed by atoms with Crippen LogP contribution in [0.3, 0.4) is 0 Å². The fourth-order valence-electron chi connectivity index (χ4n) is 4.87. The molecule has 3 aromatic carbocycles. The Kier molecular flexibility index (Phi) is 6.63. The van der Waals surface area contributed by atoms with Crippen molar-refractivity contribution in [2.75, 3.05) is 18.6 Å². The second kappa shape index (κ2) is 10.0. The van der Waals surface area contributed by atoms with Crippen LogP contribution in [-0.4, -0.2) is 25.6 Å². The van der Waals surface area contributed by atoms with Crippen LogP contribution >= 0.6 is 11.6 Å². The molecule has 2 unspecified atom stereocenters. The maximum Gasteiger partial charge on any atom is 0.340 e. The first kappa shape index (κ1) is 24.5. The summed E-state index contributed by atoms with van der Waals surface area (Å²) in [7, 11) is 1.59. The van der Waals surface area contributed by atoms with E-state index < -0.39 is 17.9 Å². The monoisotopic (exact) mass is 516 g/mol. The van der Waals surface area contributed by atoms with Gasteiger partial charge in [0.05, 0.1) is 19.8 Å². The molecule has 2 aliphatic heterocycles. The number of methoxy groups -OCH3 is 1. The van der Waals surface area contributed by atoms with Crippen LogP contribution in [0, 0.1) is 0 Å². The van der Waals surface area contributed by atoms with Crippen LogP contribution in [-0.2, 0) is 19.1 Å². The lowest BCUT2D eigenvalue weighted by Crippen LogP contribution is -2.31. The lowest BCUT2D eigenvalue weighted by Gasteiger charge is -2.32. The topological polar surface area (TPSA) is 91.1 Å². The van der Waals surface area contributed by atoms with Crippen molar-refractivity contribution in [3.05, 3.63) is 118 Å². The molecule has 0 saturated heterocycles. The summed E-state index contributed by atoms with van der Waals surface area (Å²) in [6.07, 6.45) is 0. The predicted molar refractivity (Wildman–Crippen MR) is 140 cm³/mol. The number of carbonyl (C=O) groups excluding carboxylic acids is 2. The van der Waals surface area contributed by atoms with E-state index in [1.54, 1.807) is 31.1 Å². The molecule has 0 aromatic heterocycles. The first-order valence-corrected chi connectivity index (χ1v) is 12.2. The summed E-state index contributed by atoms with van der Waals surface area (Å²) < 4.78 is 16.6. The summed E-state index contributed by atoms with van der Waals surface area (Å²) >= 11 is 6.18. The van der Waals surface area contributed by atoms with Crippen molar-refractivity contribution in [2.45, 2.75) is 18.9 Å². The van der Waals surface area contributed by atoms with Crippen molar-refractivity contribution < 1.29 is 23.8 Å². The van der Waals surface area contributed by atoms with Gasteiger partial charge in [-0.25, -0.2) is 4.79 Å². The molecule has 0 fully saturated rings. The number of esters is 1. The maximum absolute atomic E-state index is 13.9. The SMILES string of the molecule is CCOC(=O)C1=C(N)OC2=C(C1c1ccc(Cl)cc1)C(c1ccc(OC)cc1)N(c1ccccc1)C2=O. The van der Waals surface area contributed by atoms with Gasteiger partial charge in [-0.1, -0.05) is 54.1 Å². The second-order valence-corrected chi connectivity index (χ2v) is 8.99. The number of hydrogen-bond donors (Lipinski definition) is 1. The van der Waals surface area contributed by atoms with Gasteiger partial charge in [0.25, 0.3) is 5.91 Å². The molecule has 2 atom stereocenters. The van der Waals surface area contributed by atoms with E-state index in [0.29, 0.717) is 22.0 Å². The molecule has 0 aliphatic carbocycles. The summed E-state index contributed by atoms with van der Waals surface area (Å²) in [5.41, 5.74) is 9.26. The lowest BCUT2D eigenvalue weighted by atomic mass is 9.78. The van der Waals surface area contributed by atoms with Crippen molar-refractivity contribution in [2.24, 2.45) is 5.73 Å². The van der Waals surface area contributed by atoms with E-state index in [1.165, 1.54) is 0 Å². The number of amides is 1. The van der Waals surface area contributed by atoms with Crippen LogP contribution in [0.4, 0.5) is 5.69 Å². The van der Waals surface area contributed by atoms with E-state index in [4.69, 9.17) is 31.5 Å². The predicted octanol–water partition coefficient (Wildman–Crippen LogP) is 5.24. The Morgan fingerprint density at radius 3 is 2.27 bits per heavy atom. The zero-order chi connectivity index (χ0) is 26.1. The molecule has 3 aromatic rings. The quantitative estimate of drug-likeness (QED) is 0.451. The standard InChI is InChI=1S/C29H25ClN2O5/c1-3-36-29(34)24-22(17-9-13-19(30)14-10-17)23-25(18-11-15-21(35-2)16-12-18)32(20-7-5-4-6-8-20)28(33)26(23)37-27(24)31/h4-16,22,25H,3,31H2,1-2H3. The summed E-state index contributed by atoms with van der Waals surface area (Å²) in [6, 6.07) is 23.3. The largest absolute Gasteiger partial charge is 0.497 e. The summed E-state index contributed by atoms with van der Waals surface area (Å²) in [5.74, 6) is -1.05. The molecule has 2 aliphatic rings. The van der Waals surface area contributed by atoms with Crippen LogP contribution in [0.25, 0.3) is 0 Å². The van der Waals surface area contributed by atoms with Crippen molar-refractivity contribution in [3.63, 3.8) is 0 Å². The lowest BCUT2D eigenvalue weighted by molar-refractivity contribution is -0.139. The van der Waals surface area contributed by atoms with Crippen LogP contribution in [0.5, 0.6) is 5.75 Å². The van der Waals surface area contributed by atoms with Crippen molar-refractivity contribution >= 4 is 29.2 Å². The molecule has 7 nitrogen and oxygen atoms in total. The van der Waals surface area contributed by atoms with Gasteiger partial charge in [0, 0.05) is 22.2 Å². The molecule has 188 valence electrons. The van der Waals surface area contributed by atoms with E-state index in [1.807, 2.05) is 66.7 Å². The minimum Gasteiger partial charge on any atom is -0.497 e. The Bertz CT molecular complexity index is 1400. The molecular weight excluding hydrogens is 492 g/mol. The zero-order valence-electron chi connectivity index (χ0n) is 20.3. The molecule has 1 amide bonds. The van der Waals surface area contributed by atoms with Gasteiger partial charge < -0.3 is 19.9 Å². The Morgan fingerprint density at radius 2 is 1.65 bits per heavy atom. The van der Waals surface area contributed by atoms with Gasteiger partial charge in [-0.15, -0.1) is 0 Å². The zero-order valence-corrected chi connectivity index (χ0v) is 21.1. The Balaban J connectivity index is 1.75. The van der Waals surface area contributed by atoms with E-state index >= 15 is 0 Å². The molecule has 37 heavy (non-hydrogen) atoms. The number of halogens is 1. The third-order valence-corrected chi connectivity index (χ3v) is 6.72. The average Bonchev–Trinajstić information content (AvgIpc) is 3.20.